The number of hydrogen-bond donors (Lipinski definition) is 2. The van der Waals surface area contributed by atoms with Crippen LogP contribution in [0.1, 0.15) is 32.3 Å². The predicted molar refractivity (Wildman–Crippen MR) is 143 cm³/mol. The highest BCUT2D eigenvalue weighted by molar-refractivity contribution is 8.00. The minimum atomic E-state index is -4.48. The van der Waals surface area contributed by atoms with Crippen molar-refractivity contribution in [3.63, 3.8) is 0 Å². The van der Waals surface area contributed by atoms with Gasteiger partial charge in [0, 0.05) is 36.8 Å². The first-order valence-corrected chi connectivity index (χ1v) is 13.7. The van der Waals surface area contributed by atoms with Gasteiger partial charge in [-0.05, 0) is 80.4 Å². The summed E-state index contributed by atoms with van der Waals surface area (Å²) in [6.07, 6.45) is -2.15. The molecule has 1 aromatic carbocycles. The van der Waals surface area contributed by atoms with E-state index in [1.165, 1.54) is 46.3 Å². The lowest BCUT2D eigenvalue weighted by Crippen LogP contribution is -2.48. The van der Waals surface area contributed by atoms with E-state index in [1.54, 1.807) is 19.9 Å². The van der Waals surface area contributed by atoms with E-state index in [-0.39, 0.29) is 53.8 Å². The maximum absolute atomic E-state index is 13.3. The number of amides is 5. The average Bonchev–Trinajstić information content (AvgIpc) is 3.03. The van der Waals surface area contributed by atoms with Crippen molar-refractivity contribution < 1.29 is 40.7 Å². The summed E-state index contributed by atoms with van der Waals surface area (Å²) in [6, 6.07) is 6.47. The van der Waals surface area contributed by atoms with Gasteiger partial charge in [-0.15, -0.1) is 0 Å². The Bertz CT molecular complexity index is 1310. The second-order valence-electron chi connectivity index (χ2n) is 10.4. The minimum absolute atomic E-state index is 0.0352. The molecule has 16 heteroatoms. The molecule has 2 aliphatic rings. The summed E-state index contributed by atoms with van der Waals surface area (Å²) in [5, 5.41) is 5.31. The molecule has 0 bridgehead atoms. The minimum Gasteiger partial charge on any atom is -0.335 e. The van der Waals surface area contributed by atoms with Gasteiger partial charge < -0.3 is 10.2 Å². The quantitative estimate of drug-likeness (QED) is 0.239. The number of pyridine rings is 1. The summed E-state index contributed by atoms with van der Waals surface area (Å²) in [5.74, 6) is -0.401. The lowest BCUT2D eigenvalue weighted by atomic mass is 10.0. The van der Waals surface area contributed by atoms with Crippen molar-refractivity contribution in [2.45, 2.75) is 61.4 Å². The van der Waals surface area contributed by atoms with Crippen molar-refractivity contribution in [1.82, 2.24) is 20.1 Å². The van der Waals surface area contributed by atoms with Crippen LogP contribution >= 0.6 is 11.8 Å². The summed E-state index contributed by atoms with van der Waals surface area (Å²) in [6.45, 7) is 2.47. The molecule has 0 unspecified atom stereocenters. The fourth-order valence-corrected chi connectivity index (χ4v) is 5.32. The largest absolute Gasteiger partial charge is 0.446 e. The molecule has 3 heterocycles. The van der Waals surface area contributed by atoms with Crippen molar-refractivity contribution >= 4 is 41.2 Å². The molecule has 1 aromatic heterocycles. The lowest BCUT2D eigenvalue weighted by Gasteiger charge is -2.32. The number of anilines is 2. The first kappa shape index (κ1) is 31.4. The van der Waals surface area contributed by atoms with Gasteiger partial charge in [0.25, 0.3) is 5.91 Å². The normalized spacial score (nSPS) is 18.5. The van der Waals surface area contributed by atoms with Crippen LogP contribution in [0.3, 0.4) is 0 Å². The summed E-state index contributed by atoms with van der Waals surface area (Å²) >= 11 is -0.306. The third-order valence-corrected chi connectivity index (χ3v) is 7.62. The lowest BCUT2D eigenvalue weighted by molar-refractivity contribution is -0.148. The fourth-order valence-electron chi connectivity index (χ4n) is 4.78. The first-order valence-electron chi connectivity index (χ1n) is 12.9. The van der Waals surface area contributed by atoms with E-state index in [1.807, 2.05) is 0 Å². The Kier molecular flexibility index (Phi) is 8.97. The number of halogens is 6. The van der Waals surface area contributed by atoms with E-state index < -0.39 is 41.7 Å². The van der Waals surface area contributed by atoms with Crippen molar-refractivity contribution in [3.8, 4) is 0 Å². The number of likely N-dealkylation sites (tertiary alicyclic amines) is 1. The maximum atomic E-state index is 13.3. The molecular formula is C26H28F6N6O3S. The van der Waals surface area contributed by atoms with Crippen LogP contribution in [0.15, 0.2) is 47.5 Å². The van der Waals surface area contributed by atoms with E-state index in [2.05, 4.69) is 15.6 Å². The Morgan fingerprint density at radius 2 is 1.69 bits per heavy atom. The molecule has 0 spiro atoms. The fraction of sp³-hybridized carbons (Fsp3) is 0.462. The Balaban J connectivity index is 1.37. The summed E-state index contributed by atoms with van der Waals surface area (Å²) in [7, 11) is 0. The molecule has 0 saturated carbocycles. The van der Waals surface area contributed by atoms with E-state index in [0.717, 1.165) is 4.90 Å². The van der Waals surface area contributed by atoms with Crippen LogP contribution in [0.4, 0.5) is 47.4 Å². The third-order valence-electron chi connectivity index (χ3n) is 6.88. The number of hydrogen-bond acceptors (Lipinski definition) is 6. The molecule has 2 N–H and O–H groups in total. The zero-order valence-electron chi connectivity index (χ0n) is 22.6. The second kappa shape index (κ2) is 12.0. The molecule has 42 heavy (non-hydrogen) atoms. The van der Waals surface area contributed by atoms with Gasteiger partial charge >= 0.3 is 23.7 Å². The van der Waals surface area contributed by atoms with Crippen LogP contribution in [0, 0.1) is 0 Å². The molecule has 228 valence electrons. The Morgan fingerprint density at radius 1 is 1.05 bits per heavy atom. The SMILES string of the molecule is CC1(C)C(=O)N(c2ccc(SC(F)(F)F)cc2)C(=O)N1Cc1ccnc(NC(=O)NC2CCN(CC(F)(F)F)CC2)c1. The molecule has 9 nitrogen and oxygen atoms in total. The van der Waals surface area contributed by atoms with Crippen molar-refractivity contribution in [2.24, 2.45) is 0 Å². The number of nitrogens with one attached hydrogen (secondary N) is 2. The van der Waals surface area contributed by atoms with Gasteiger partial charge in [0.15, 0.2) is 0 Å². The van der Waals surface area contributed by atoms with E-state index >= 15 is 0 Å². The van der Waals surface area contributed by atoms with Crippen LogP contribution < -0.4 is 15.5 Å². The molecule has 4 rings (SSSR count). The van der Waals surface area contributed by atoms with Gasteiger partial charge in [-0.1, -0.05) is 0 Å². The standard InChI is InChI=1S/C26H28F6N6O3S/c1-24(2)21(39)38(18-3-5-19(6-4-18)42-26(30,31)32)23(41)37(24)14-16-7-10-33-20(13-16)35-22(40)34-17-8-11-36(12-9-17)15-25(27,28)29/h3-7,10,13,17H,8-9,11-12,14-15H2,1-2H3,(H2,33,34,35,40). The van der Waals surface area contributed by atoms with Crippen LogP contribution in [-0.4, -0.2) is 75.7 Å². The molecule has 0 atom stereocenters. The molecule has 2 aliphatic heterocycles. The van der Waals surface area contributed by atoms with E-state index in [9.17, 15) is 40.7 Å². The number of rotatable bonds is 7. The van der Waals surface area contributed by atoms with Crippen molar-refractivity contribution in [1.29, 1.82) is 0 Å². The van der Waals surface area contributed by atoms with E-state index in [4.69, 9.17) is 0 Å². The second-order valence-corrected chi connectivity index (χ2v) is 11.6. The Hall–Kier alpha value is -3.53. The molecule has 2 aromatic rings. The maximum Gasteiger partial charge on any atom is 0.446 e. The monoisotopic (exact) mass is 618 g/mol. The van der Waals surface area contributed by atoms with Gasteiger partial charge in [0.05, 0.1) is 12.2 Å². The third kappa shape index (κ3) is 7.85. The van der Waals surface area contributed by atoms with Gasteiger partial charge in [-0.25, -0.2) is 19.5 Å². The first-order chi connectivity index (χ1) is 19.5. The van der Waals surface area contributed by atoms with Gasteiger partial charge in [0.1, 0.15) is 11.4 Å². The number of aromatic nitrogens is 1. The zero-order valence-corrected chi connectivity index (χ0v) is 23.4. The topological polar surface area (TPSA) is 97.9 Å². The number of nitrogens with zero attached hydrogens (tertiary/aromatic N) is 4. The van der Waals surface area contributed by atoms with Crippen LogP contribution in [0.25, 0.3) is 0 Å². The number of piperidine rings is 1. The van der Waals surface area contributed by atoms with Crippen LogP contribution in [-0.2, 0) is 11.3 Å². The molecule has 2 fully saturated rings. The van der Waals surface area contributed by atoms with Crippen molar-refractivity contribution in [2.75, 3.05) is 29.9 Å². The number of imide groups is 1. The number of carbonyl (C=O) groups is 3. The highest BCUT2D eigenvalue weighted by Crippen LogP contribution is 2.39. The summed E-state index contributed by atoms with van der Waals surface area (Å²) < 4.78 is 75.7. The molecular weight excluding hydrogens is 590 g/mol. The van der Waals surface area contributed by atoms with Crippen molar-refractivity contribution in [3.05, 3.63) is 48.2 Å². The summed E-state index contributed by atoms with van der Waals surface area (Å²) in [4.78, 5) is 46.5. The van der Waals surface area contributed by atoms with Gasteiger partial charge in [-0.2, -0.15) is 26.3 Å². The molecule has 5 amide bonds. The number of carbonyl (C=O) groups excluding carboxylic acids is 3. The van der Waals surface area contributed by atoms with Crippen LogP contribution in [0.5, 0.6) is 0 Å². The van der Waals surface area contributed by atoms with Crippen LogP contribution in [0.2, 0.25) is 0 Å². The Morgan fingerprint density at radius 3 is 2.29 bits per heavy atom. The molecule has 2 saturated heterocycles. The average molecular weight is 619 g/mol. The molecule has 0 radical (unpaired) electrons. The van der Waals surface area contributed by atoms with Gasteiger partial charge in [-0.3, -0.25) is 15.0 Å². The number of urea groups is 2. The highest BCUT2D eigenvalue weighted by atomic mass is 32.2. The predicted octanol–water partition coefficient (Wildman–Crippen LogP) is 5.59. The smallest absolute Gasteiger partial charge is 0.335 e. The van der Waals surface area contributed by atoms with Gasteiger partial charge in [0.2, 0.25) is 0 Å². The number of benzene rings is 1. The number of thioether (sulfide) groups is 1. The molecule has 0 aliphatic carbocycles. The Labute approximate surface area is 241 Å². The number of alkyl halides is 6. The zero-order chi connectivity index (χ0) is 30.9. The summed E-state index contributed by atoms with van der Waals surface area (Å²) in [5.41, 5.74) is -5.10. The highest BCUT2D eigenvalue weighted by Gasteiger charge is 2.51. The van der Waals surface area contributed by atoms with E-state index in [0.29, 0.717) is 18.4 Å².